The number of hydrogen-bond donors (Lipinski definition) is 0. The van der Waals surface area contributed by atoms with Crippen LogP contribution in [0.15, 0.2) is 333 Å². The number of imidazole rings is 4. The Labute approximate surface area is 871 Å². The number of fused-ring (bicyclic) bond motifs is 16. The Kier molecular flexibility index (Phi) is 29.1. The van der Waals surface area contributed by atoms with Crippen molar-refractivity contribution < 1.29 is 98.1 Å². The van der Waals surface area contributed by atoms with Crippen LogP contribution in [0, 0.1) is 24.3 Å². The number of rotatable bonds is 16. The van der Waals surface area contributed by atoms with Crippen LogP contribution in [0.25, 0.3) is 200 Å². The van der Waals surface area contributed by atoms with E-state index in [0.717, 1.165) is 167 Å². The quantitative estimate of drug-likeness (QED) is 0.0876. The Morgan fingerprint density at radius 3 is 0.900 bits per heavy atom. The van der Waals surface area contributed by atoms with Crippen LogP contribution in [0.3, 0.4) is 0 Å². The van der Waals surface area contributed by atoms with Gasteiger partial charge < -0.3 is 35.9 Å². The van der Waals surface area contributed by atoms with E-state index in [1.54, 1.807) is 0 Å². The van der Waals surface area contributed by atoms with Gasteiger partial charge in [0.15, 0.2) is 5.58 Å². The van der Waals surface area contributed by atoms with Crippen LogP contribution in [0.1, 0.15) is 203 Å². The molecule has 0 saturated heterocycles. The van der Waals surface area contributed by atoms with Crippen molar-refractivity contribution in [1.82, 2.24) is 38.2 Å². The van der Waals surface area contributed by atoms with Crippen molar-refractivity contribution in [3.63, 3.8) is 0 Å². The van der Waals surface area contributed by atoms with Crippen LogP contribution >= 0.6 is 0 Å². The van der Waals surface area contributed by atoms with Gasteiger partial charge in [0, 0.05) is 135 Å². The number of furan rings is 4. The summed E-state index contributed by atoms with van der Waals surface area (Å²) in [6, 6.07) is 122. The van der Waals surface area contributed by atoms with Gasteiger partial charge in [-0.15, -0.1) is 144 Å². The predicted molar refractivity (Wildman–Crippen MR) is 563 cm³/mol. The van der Waals surface area contributed by atoms with Crippen LogP contribution < -0.4 is 0 Å². The first-order valence-corrected chi connectivity index (χ1v) is 47.9. The molecule has 4 radical (unpaired) electrons. The summed E-state index contributed by atoms with van der Waals surface area (Å²) in [4.78, 5) is 20.3. The third kappa shape index (κ3) is 17.6. The molecule has 8 aromatic heterocycles. The molecule has 16 heteroatoms. The SMILES string of the molecule is CC(C)c1cc(C(C)C)c2c(oc3ccccc32)c1-n1c(-c2[c-]cccc2)nc2ccccc21.CC(C)c1cc(C(C)C)c2oc3ccccc3c2c1-n1c(-c2[c-]cccc2)nc2ccccc21.CC(C)c1cc2c(oc3ccccc32)c(C(C)C)c1-n1c(-c2[c-]cccc2)nc2ccccc21.CC(C)c1cc2oc3ccccc3c2c(C(C)C)c1-n1c(-c2[c-]cccc2)nc2ccccc21.[Ir].[Ir].[Ir].[Ir]. The average molecular weight is 2540 g/mol. The second kappa shape index (κ2) is 41.2. The molecule has 0 aliphatic rings. The van der Waals surface area contributed by atoms with Gasteiger partial charge in [-0.25, -0.2) is 0 Å². The van der Waals surface area contributed by atoms with Gasteiger partial charge in [0.2, 0.25) is 0 Å². The topological polar surface area (TPSA) is 124 Å². The Hall–Kier alpha value is -12.8. The molecule has 24 aromatic rings. The van der Waals surface area contributed by atoms with E-state index in [9.17, 15) is 0 Å². The Bertz CT molecular complexity index is 8610. The number of hydrogen-bond acceptors (Lipinski definition) is 8. The summed E-state index contributed by atoms with van der Waals surface area (Å²) in [5.41, 5.74) is 34.5. The molecule has 0 amide bonds. The molecule has 16 aromatic carbocycles. The van der Waals surface area contributed by atoms with Crippen molar-refractivity contribution in [3.05, 3.63) is 384 Å². The average Bonchev–Trinajstić information content (AvgIpc) is 1.57. The molecule has 0 spiro atoms. The molecule has 12 nitrogen and oxygen atoms in total. The van der Waals surface area contributed by atoms with E-state index in [4.69, 9.17) is 37.6 Å². The molecule has 0 atom stereocenters. The molecule has 0 saturated carbocycles. The summed E-state index contributed by atoms with van der Waals surface area (Å²) >= 11 is 0. The minimum atomic E-state index is 0. The Balaban J connectivity index is 0.000000128. The maximum absolute atomic E-state index is 6.67. The van der Waals surface area contributed by atoms with Crippen LogP contribution in [-0.4, -0.2) is 38.2 Å². The summed E-state index contributed by atoms with van der Waals surface area (Å²) in [5, 5.41) is 9.37. The van der Waals surface area contributed by atoms with Crippen molar-refractivity contribution in [2.75, 3.05) is 0 Å². The summed E-state index contributed by atoms with van der Waals surface area (Å²) < 4.78 is 35.4. The zero-order valence-electron chi connectivity index (χ0n) is 81.2. The van der Waals surface area contributed by atoms with Crippen molar-refractivity contribution >= 4 is 132 Å². The largest absolute Gasteiger partial charge is 0.456 e. The first-order valence-electron chi connectivity index (χ1n) is 47.9. The van der Waals surface area contributed by atoms with Crippen LogP contribution in [0.5, 0.6) is 0 Å². The van der Waals surface area contributed by atoms with Gasteiger partial charge in [0.1, 0.15) is 39.1 Å². The molecule has 0 unspecified atom stereocenters. The van der Waals surface area contributed by atoms with E-state index in [1.165, 1.54) is 77.4 Å². The number of para-hydroxylation sites is 12. The van der Waals surface area contributed by atoms with E-state index in [2.05, 4.69) is 360 Å². The molecular formula is C124H108Ir4N8O4-4. The van der Waals surface area contributed by atoms with Crippen LogP contribution in [0.4, 0.5) is 0 Å². The first-order chi connectivity index (χ1) is 66.2. The fraction of sp³-hybridized carbons (Fsp3) is 0.194. The third-order valence-corrected chi connectivity index (χ3v) is 26.6. The molecule has 0 aliphatic heterocycles. The van der Waals surface area contributed by atoms with Crippen molar-refractivity contribution in [2.24, 2.45) is 0 Å². The summed E-state index contributed by atoms with van der Waals surface area (Å²) in [6.45, 7) is 36.1. The second-order valence-corrected chi connectivity index (χ2v) is 38.2. The maximum atomic E-state index is 6.67. The molecule has 0 N–H and O–H groups in total. The summed E-state index contributed by atoms with van der Waals surface area (Å²) in [6.07, 6.45) is 0. The monoisotopic (exact) mass is 2540 g/mol. The molecule has 140 heavy (non-hydrogen) atoms. The second-order valence-electron chi connectivity index (χ2n) is 38.2. The van der Waals surface area contributed by atoms with Crippen LogP contribution in [-0.2, 0) is 80.4 Å². The van der Waals surface area contributed by atoms with Crippen molar-refractivity contribution in [2.45, 2.75) is 158 Å². The minimum absolute atomic E-state index is 0. The van der Waals surface area contributed by atoms with Gasteiger partial charge in [0.25, 0.3) is 0 Å². The zero-order chi connectivity index (χ0) is 93.6. The molecule has 24 rings (SSSR count). The van der Waals surface area contributed by atoms with Gasteiger partial charge in [0.05, 0.1) is 84.2 Å². The van der Waals surface area contributed by atoms with E-state index < -0.39 is 0 Å². The van der Waals surface area contributed by atoms with Gasteiger partial charge in [-0.1, -0.05) is 238 Å². The van der Waals surface area contributed by atoms with Gasteiger partial charge in [-0.2, -0.15) is 0 Å². The number of benzene rings is 16. The summed E-state index contributed by atoms with van der Waals surface area (Å²) in [7, 11) is 0. The third-order valence-electron chi connectivity index (χ3n) is 26.6. The predicted octanol–water partition coefficient (Wildman–Crippen LogP) is 34.5. The molecule has 708 valence electrons. The van der Waals surface area contributed by atoms with E-state index >= 15 is 0 Å². The van der Waals surface area contributed by atoms with Crippen LogP contribution in [0.2, 0.25) is 0 Å². The Morgan fingerprint density at radius 2 is 0.507 bits per heavy atom. The Morgan fingerprint density at radius 1 is 0.214 bits per heavy atom. The van der Waals surface area contributed by atoms with Gasteiger partial charge in [-0.05, 0) is 177 Å². The fourth-order valence-corrected chi connectivity index (χ4v) is 20.3. The summed E-state index contributed by atoms with van der Waals surface area (Å²) in [5.74, 6) is 6.09. The minimum Gasteiger partial charge on any atom is -0.456 e. The maximum Gasteiger partial charge on any atom is 0.159 e. The fourth-order valence-electron chi connectivity index (χ4n) is 20.3. The molecule has 8 heterocycles. The van der Waals surface area contributed by atoms with Gasteiger partial charge in [-0.3, -0.25) is 19.9 Å². The standard InChI is InChI=1S/4C31H27N2O.4Ir/c1-19(2)23-18-24-22-14-8-11-17-27(22)34-30(24)28(20(3)4)29(23)33-26-16-10-9-15-25(26)32-31(33)21-12-6-5-7-13-21;1-19(2)23-18-24(20(3)4)30-28(22-14-8-11-17-27(22)34-30)29(23)33-26-16-10-9-15-25(26)32-31(33)21-12-6-5-7-13-21;1-19(2)23-18-24(20(3)4)29(30-28(23)22-14-8-11-17-27(22)34-30)33-26-16-10-9-15-25(26)32-31(33)21-12-6-5-7-13-21;1-19(2)23-18-27-29(22-14-8-11-17-26(22)34-27)28(20(3)4)30(23)33-25-16-10-9-15-24(25)32-31(33)21-12-6-5-7-13-21;;;;/h4*5-12,14-20H,1-4H3;;;;/q4*-1;;;;. The molecule has 0 bridgehead atoms. The van der Waals surface area contributed by atoms with E-state index in [0.29, 0.717) is 35.5 Å². The van der Waals surface area contributed by atoms with E-state index in [1.807, 2.05) is 109 Å². The van der Waals surface area contributed by atoms with Crippen molar-refractivity contribution in [1.29, 1.82) is 0 Å². The zero-order valence-corrected chi connectivity index (χ0v) is 90.8. The first kappa shape index (κ1) is 98.8. The van der Waals surface area contributed by atoms with Gasteiger partial charge >= 0.3 is 0 Å². The molecular weight excluding hydrogens is 2430 g/mol. The van der Waals surface area contributed by atoms with E-state index in [-0.39, 0.29) is 92.3 Å². The molecule has 0 fully saturated rings. The number of nitrogens with zero attached hydrogens (tertiary/aromatic N) is 8. The normalized spacial score (nSPS) is 11.7. The smallest absolute Gasteiger partial charge is 0.159 e. The van der Waals surface area contributed by atoms with Crippen molar-refractivity contribution in [3.8, 4) is 68.3 Å². The molecule has 0 aliphatic carbocycles. The number of aromatic nitrogens is 8.